The summed E-state index contributed by atoms with van der Waals surface area (Å²) in [6.45, 7) is 3.82. The van der Waals surface area contributed by atoms with Gasteiger partial charge in [-0.1, -0.05) is 0 Å². The van der Waals surface area contributed by atoms with E-state index in [1.54, 1.807) is 7.11 Å². The summed E-state index contributed by atoms with van der Waals surface area (Å²) in [6, 6.07) is 0. The molecule has 0 bridgehead atoms. The fourth-order valence-electron chi connectivity index (χ4n) is 0.809. The molecule has 2 atom stereocenters. The van der Waals surface area contributed by atoms with Crippen molar-refractivity contribution in [3.8, 4) is 0 Å². The zero-order valence-electron chi connectivity index (χ0n) is 6.55. The maximum Gasteiger partial charge on any atom is 0.188 e. The lowest BCUT2D eigenvalue weighted by atomic mass is 10.2. The van der Waals surface area contributed by atoms with E-state index in [9.17, 15) is 0 Å². The van der Waals surface area contributed by atoms with Gasteiger partial charge in [-0.15, -0.1) is 0 Å². The molecule has 0 aromatic carbocycles. The molecule has 10 heavy (non-hydrogen) atoms. The molecule has 2 unspecified atom stereocenters. The van der Waals surface area contributed by atoms with E-state index in [2.05, 4.69) is 0 Å². The lowest BCUT2D eigenvalue weighted by molar-refractivity contribution is 0.0950. The van der Waals surface area contributed by atoms with Crippen LogP contribution in [0, 0.1) is 0 Å². The standard InChI is InChI=1S/C7H13NO2/c1-4(5(2)8)6-7(9-3)10-6/h6-7H,8H2,1-3H3/b5-4-. The Balaban J connectivity index is 2.47. The molecule has 1 aliphatic heterocycles. The highest BCUT2D eigenvalue weighted by Crippen LogP contribution is 2.29. The summed E-state index contributed by atoms with van der Waals surface area (Å²) >= 11 is 0. The van der Waals surface area contributed by atoms with Gasteiger partial charge in [0.15, 0.2) is 6.29 Å². The number of rotatable bonds is 2. The molecule has 3 nitrogen and oxygen atoms in total. The molecule has 1 rings (SSSR count). The Morgan fingerprint density at radius 3 is 2.40 bits per heavy atom. The molecule has 0 radical (unpaired) electrons. The number of ether oxygens (including phenoxy) is 2. The molecule has 0 aromatic rings. The first-order valence-electron chi connectivity index (χ1n) is 3.28. The number of hydrogen-bond acceptors (Lipinski definition) is 3. The third-order valence-electron chi connectivity index (χ3n) is 1.73. The van der Waals surface area contributed by atoms with Crippen molar-refractivity contribution in [2.45, 2.75) is 26.2 Å². The molecule has 0 saturated carbocycles. The van der Waals surface area contributed by atoms with Gasteiger partial charge in [0.2, 0.25) is 0 Å². The number of allylic oxidation sites excluding steroid dienone is 1. The molecule has 1 saturated heterocycles. The van der Waals surface area contributed by atoms with Crippen LogP contribution in [0.1, 0.15) is 13.8 Å². The van der Waals surface area contributed by atoms with E-state index in [1.165, 1.54) is 0 Å². The van der Waals surface area contributed by atoms with Crippen LogP contribution in [0.5, 0.6) is 0 Å². The van der Waals surface area contributed by atoms with Gasteiger partial charge in [-0.25, -0.2) is 0 Å². The third-order valence-corrected chi connectivity index (χ3v) is 1.73. The first-order valence-corrected chi connectivity index (χ1v) is 3.28. The van der Waals surface area contributed by atoms with Crippen LogP contribution in [0.3, 0.4) is 0 Å². The van der Waals surface area contributed by atoms with E-state index in [4.69, 9.17) is 15.2 Å². The predicted molar refractivity (Wildman–Crippen MR) is 38.2 cm³/mol. The molecule has 0 aliphatic carbocycles. The van der Waals surface area contributed by atoms with Gasteiger partial charge < -0.3 is 15.2 Å². The summed E-state index contributed by atoms with van der Waals surface area (Å²) in [6.07, 6.45) is 0.0495. The van der Waals surface area contributed by atoms with Crippen LogP contribution < -0.4 is 5.73 Å². The fourth-order valence-corrected chi connectivity index (χ4v) is 0.809. The van der Waals surface area contributed by atoms with E-state index >= 15 is 0 Å². The molecule has 1 fully saturated rings. The van der Waals surface area contributed by atoms with E-state index in [0.717, 1.165) is 11.3 Å². The minimum atomic E-state index is -0.0569. The molecule has 2 N–H and O–H groups in total. The maximum absolute atomic E-state index is 5.54. The van der Waals surface area contributed by atoms with Gasteiger partial charge in [0.25, 0.3) is 0 Å². The summed E-state index contributed by atoms with van der Waals surface area (Å²) in [7, 11) is 1.63. The second-order valence-electron chi connectivity index (χ2n) is 2.53. The first-order chi connectivity index (χ1) is 4.66. The van der Waals surface area contributed by atoms with Crippen molar-refractivity contribution in [1.82, 2.24) is 0 Å². The van der Waals surface area contributed by atoms with Gasteiger partial charge in [0, 0.05) is 12.8 Å². The Labute approximate surface area is 60.8 Å². The van der Waals surface area contributed by atoms with Crippen molar-refractivity contribution in [3.63, 3.8) is 0 Å². The van der Waals surface area contributed by atoms with E-state index in [0.29, 0.717) is 0 Å². The summed E-state index contributed by atoms with van der Waals surface area (Å²) in [5.74, 6) is 0. The average Bonchev–Trinajstić information content (AvgIpc) is 2.64. The first kappa shape index (κ1) is 7.57. The number of epoxide rings is 1. The van der Waals surface area contributed by atoms with E-state index in [1.807, 2.05) is 13.8 Å². The summed E-state index contributed by atoms with van der Waals surface area (Å²) in [5.41, 5.74) is 7.44. The van der Waals surface area contributed by atoms with Crippen molar-refractivity contribution in [2.24, 2.45) is 5.73 Å². The molecular formula is C7H13NO2. The zero-order valence-corrected chi connectivity index (χ0v) is 6.55. The second kappa shape index (κ2) is 2.60. The van der Waals surface area contributed by atoms with Crippen LogP contribution in [-0.2, 0) is 9.47 Å². The van der Waals surface area contributed by atoms with Crippen molar-refractivity contribution >= 4 is 0 Å². The highest BCUT2D eigenvalue weighted by atomic mass is 16.8. The smallest absolute Gasteiger partial charge is 0.188 e. The van der Waals surface area contributed by atoms with Gasteiger partial charge in [-0.05, 0) is 19.4 Å². The Bertz CT molecular complexity index is 161. The van der Waals surface area contributed by atoms with Crippen molar-refractivity contribution in [3.05, 3.63) is 11.3 Å². The van der Waals surface area contributed by atoms with Crippen LogP contribution in [0.2, 0.25) is 0 Å². The number of hydrogen-bond donors (Lipinski definition) is 1. The van der Waals surface area contributed by atoms with Crippen LogP contribution in [-0.4, -0.2) is 19.5 Å². The molecule has 1 aliphatic rings. The third kappa shape index (κ3) is 1.30. The van der Waals surface area contributed by atoms with Crippen LogP contribution in [0.15, 0.2) is 11.3 Å². The second-order valence-corrected chi connectivity index (χ2v) is 2.53. The number of methoxy groups -OCH3 is 1. The summed E-state index contributed by atoms with van der Waals surface area (Å²) in [5, 5.41) is 0. The van der Waals surface area contributed by atoms with Crippen molar-refractivity contribution in [2.75, 3.05) is 7.11 Å². The van der Waals surface area contributed by atoms with E-state index < -0.39 is 0 Å². The Morgan fingerprint density at radius 2 is 2.10 bits per heavy atom. The quantitative estimate of drug-likeness (QED) is 0.576. The Hall–Kier alpha value is -0.540. The monoisotopic (exact) mass is 143 g/mol. The number of nitrogens with two attached hydrogens (primary N) is 1. The Kier molecular flexibility index (Phi) is 1.97. The molecule has 58 valence electrons. The van der Waals surface area contributed by atoms with Gasteiger partial charge in [-0.3, -0.25) is 0 Å². The van der Waals surface area contributed by atoms with Gasteiger partial charge >= 0.3 is 0 Å². The summed E-state index contributed by atoms with van der Waals surface area (Å²) < 4.78 is 10.1. The maximum atomic E-state index is 5.54. The molecule has 0 spiro atoms. The highest BCUT2D eigenvalue weighted by molar-refractivity contribution is 5.16. The van der Waals surface area contributed by atoms with E-state index in [-0.39, 0.29) is 12.4 Å². The minimum absolute atomic E-state index is 0.0569. The molecule has 0 amide bonds. The van der Waals surface area contributed by atoms with Crippen LogP contribution in [0.4, 0.5) is 0 Å². The lowest BCUT2D eigenvalue weighted by Gasteiger charge is -1.96. The lowest BCUT2D eigenvalue weighted by Crippen LogP contribution is -2.04. The SMILES string of the molecule is COC1OC1/C(C)=C(/C)N. The molecule has 0 aromatic heterocycles. The zero-order chi connectivity index (χ0) is 7.72. The van der Waals surface area contributed by atoms with Crippen molar-refractivity contribution in [1.29, 1.82) is 0 Å². The largest absolute Gasteiger partial charge is 0.402 e. The molecule has 3 heteroatoms. The normalized spacial score (nSPS) is 33.5. The van der Waals surface area contributed by atoms with Crippen LogP contribution in [0.25, 0.3) is 0 Å². The topological polar surface area (TPSA) is 47.8 Å². The predicted octanol–water partition coefficient (Wildman–Crippen LogP) is 0.610. The summed E-state index contributed by atoms with van der Waals surface area (Å²) in [4.78, 5) is 0. The Morgan fingerprint density at radius 1 is 1.50 bits per heavy atom. The van der Waals surface area contributed by atoms with Crippen molar-refractivity contribution < 1.29 is 9.47 Å². The van der Waals surface area contributed by atoms with Crippen LogP contribution >= 0.6 is 0 Å². The minimum Gasteiger partial charge on any atom is -0.402 e. The fraction of sp³-hybridized carbons (Fsp3) is 0.714. The van der Waals surface area contributed by atoms with Gasteiger partial charge in [-0.2, -0.15) is 0 Å². The van der Waals surface area contributed by atoms with Gasteiger partial charge in [0.05, 0.1) is 0 Å². The molecule has 1 heterocycles. The average molecular weight is 143 g/mol. The van der Waals surface area contributed by atoms with Gasteiger partial charge in [0.1, 0.15) is 6.10 Å². The molecular weight excluding hydrogens is 130 g/mol. The highest BCUT2D eigenvalue weighted by Gasteiger charge is 2.40.